The van der Waals surface area contributed by atoms with E-state index in [1.165, 1.54) is 0 Å². The minimum atomic E-state index is -0.739. The predicted molar refractivity (Wildman–Crippen MR) is 145 cm³/mol. The maximum Gasteiger partial charge on any atom is 0.328 e. The summed E-state index contributed by atoms with van der Waals surface area (Å²) in [5, 5.41) is 11.0. The van der Waals surface area contributed by atoms with Crippen molar-refractivity contribution in [3.63, 3.8) is 0 Å². The highest BCUT2D eigenvalue weighted by molar-refractivity contribution is 9.10. The Morgan fingerprint density at radius 1 is 1.32 bits per heavy atom. The molecule has 1 aromatic carbocycles. The third-order valence-electron chi connectivity index (χ3n) is 6.50. The molecule has 1 aliphatic rings. The molecule has 10 heteroatoms. The zero-order valence-electron chi connectivity index (χ0n) is 21.8. The number of halogens is 1. The van der Waals surface area contributed by atoms with Gasteiger partial charge in [-0.1, -0.05) is 41.4 Å². The number of carbonyl (C=O) groups excluding carboxylic acids is 3. The lowest BCUT2D eigenvalue weighted by molar-refractivity contribution is -0.190. The zero-order valence-corrected chi connectivity index (χ0v) is 23.4. The monoisotopic (exact) mass is 586 g/mol. The number of aryl methyl sites for hydroxylation is 1. The van der Waals surface area contributed by atoms with E-state index in [0.29, 0.717) is 44.9 Å². The van der Waals surface area contributed by atoms with Crippen LogP contribution in [0.4, 0.5) is 0 Å². The van der Waals surface area contributed by atoms with Gasteiger partial charge in [-0.3, -0.25) is 9.59 Å². The molecule has 1 saturated heterocycles. The normalized spacial score (nSPS) is 18.1. The third-order valence-corrected chi connectivity index (χ3v) is 7.03. The number of amides is 1. The van der Waals surface area contributed by atoms with Crippen molar-refractivity contribution in [1.29, 1.82) is 0 Å². The number of unbranched alkanes of at least 4 members (excludes halogenated alkanes) is 2. The van der Waals surface area contributed by atoms with Gasteiger partial charge in [-0.05, 0) is 62.3 Å². The molecule has 1 aliphatic heterocycles. The Morgan fingerprint density at radius 3 is 2.74 bits per heavy atom. The van der Waals surface area contributed by atoms with Crippen molar-refractivity contribution >= 4 is 34.3 Å². The molecule has 3 rings (SSSR count). The van der Waals surface area contributed by atoms with Gasteiger partial charge in [0.15, 0.2) is 0 Å². The Balaban J connectivity index is 1.66. The second kappa shape index (κ2) is 14.7. The topological polar surface area (TPSA) is 112 Å². The van der Waals surface area contributed by atoms with Crippen LogP contribution < -0.4 is 5.32 Å². The highest BCUT2D eigenvalue weighted by Gasteiger charge is 2.43. The number of ether oxygens (including phenoxy) is 2. The maximum atomic E-state index is 13.0. The summed E-state index contributed by atoms with van der Waals surface area (Å²) in [6.45, 7) is 3.94. The highest BCUT2D eigenvalue weighted by Crippen LogP contribution is 2.32. The Morgan fingerprint density at radius 2 is 2.08 bits per heavy atom. The quantitative estimate of drug-likeness (QED) is 0.136. The summed E-state index contributed by atoms with van der Waals surface area (Å²) in [5.41, 5.74) is 1.62. The molecule has 1 amide bonds. The number of hydrogen-bond acceptors (Lipinski definition) is 7. The SMILES string of the molecule is C#CCCCC[C@@H]1C(=O)O[C@H]1C[C@H](CCc1cn(-c2ccc(Br)cc2)nn1)OC(=O)[C@H](CC(C)C)NC=O. The Kier molecular flexibility index (Phi) is 11.3. The van der Waals surface area contributed by atoms with Crippen molar-refractivity contribution in [3.05, 3.63) is 40.6 Å². The number of nitrogens with zero attached hydrogens (tertiary/aromatic N) is 3. The summed E-state index contributed by atoms with van der Waals surface area (Å²) in [5.74, 6) is 1.85. The molecule has 4 atom stereocenters. The molecule has 0 aliphatic carbocycles. The minimum absolute atomic E-state index is 0.187. The van der Waals surface area contributed by atoms with Crippen LogP contribution >= 0.6 is 15.9 Å². The van der Waals surface area contributed by atoms with Gasteiger partial charge in [0.25, 0.3) is 0 Å². The van der Waals surface area contributed by atoms with E-state index in [1.54, 1.807) is 4.68 Å². The summed E-state index contributed by atoms with van der Waals surface area (Å²) in [6, 6.07) is 6.97. The van der Waals surface area contributed by atoms with Gasteiger partial charge in [0.1, 0.15) is 18.2 Å². The molecule has 2 aromatic rings. The molecule has 1 fully saturated rings. The Bertz CT molecular complexity index is 1110. The summed E-state index contributed by atoms with van der Waals surface area (Å²) in [4.78, 5) is 36.2. The van der Waals surface area contributed by atoms with Crippen molar-refractivity contribution in [3.8, 4) is 18.0 Å². The lowest BCUT2D eigenvalue weighted by Crippen LogP contribution is -2.48. The van der Waals surface area contributed by atoms with E-state index in [0.717, 1.165) is 28.7 Å². The molecule has 0 spiro atoms. The van der Waals surface area contributed by atoms with Gasteiger partial charge in [0.05, 0.1) is 23.5 Å². The van der Waals surface area contributed by atoms with E-state index in [2.05, 4.69) is 37.5 Å². The smallest absolute Gasteiger partial charge is 0.328 e. The third kappa shape index (κ3) is 8.69. The first kappa shape index (κ1) is 29.4. The zero-order chi connectivity index (χ0) is 27.5. The van der Waals surface area contributed by atoms with Gasteiger partial charge in [-0.2, -0.15) is 0 Å². The first-order chi connectivity index (χ1) is 18.3. The molecule has 9 nitrogen and oxygen atoms in total. The van der Waals surface area contributed by atoms with Crippen LogP contribution in [0.15, 0.2) is 34.9 Å². The van der Waals surface area contributed by atoms with Crippen molar-refractivity contribution in [2.75, 3.05) is 0 Å². The van der Waals surface area contributed by atoms with Crippen molar-refractivity contribution in [1.82, 2.24) is 20.3 Å². The molecule has 38 heavy (non-hydrogen) atoms. The highest BCUT2D eigenvalue weighted by atomic mass is 79.9. The number of benzene rings is 1. The standard InChI is InChI=1S/C28H35BrN4O5/c1-4-5-6-7-8-24-26(38-27(24)35)16-23(37-28(36)25(30-18-34)15-19(2)3)14-11-21-17-33(32-31-21)22-12-9-20(29)10-13-22/h1,9-10,12-13,17-19,23-26H,5-8,11,14-16H2,2-3H3,(H,30,34)/t23-,24-,25-,26-/m0/s1. The van der Waals surface area contributed by atoms with Crippen LogP contribution in [-0.4, -0.2) is 51.6 Å². The van der Waals surface area contributed by atoms with Gasteiger partial charge in [0.2, 0.25) is 6.41 Å². The summed E-state index contributed by atoms with van der Waals surface area (Å²) < 4.78 is 14.0. The van der Waals surface area contributed by atoms with Gasteiger partial charge in [0, 0.05) is 17.3 Å². The fourth-order valence-electron chi connectivity index (χ4n) is 4.46. The molecular formula is C28H35BrN4O5. The number of terminal acetylenes is 1. The fraction of sp³-hybridized carbons (Fsp3) is 0.536. The first-order valence-electron chi connectivity index (χ1n) is 13.0. The van der Waals surface area contributed by atoms with Crippen LogP contribution in [0.3, 0.4) is 0 Å². The van der Waals surface area contributed by atoms with Gasteiger partial charge in [-0.15, -0.1) is 17.4 Å². The summed E-state index contributed by atoms with van der Waals surface area (Å²) in [7, 11) is 0. The molecule has 0 saturated carbocycles. The lowest BCUT2D eigenvalue weighted by atomic mass is 9.86. The average molecular weight is 588 g/mol. The van der Waals surface area contributed by atoms with Gasteiger partial charge >= 0.3 is 11.9 Å². The number of nitrogens with one attached hydrogen (secondary N) is 1. The lowest BCUT2D eigenvalue weighted by Gasteiger charge is -2.37. The average Bonchev–Trinajstić information content (AvgIpc) is 3.35. The summed E-state index contributed by atoms with van der Waals surface area (Å²) >= 11 is 3.43. The van der Waals surface area contributed by atoms with Gasteiger partial charge < -0.3 is 14.8 Å². The number of esters is 2. The van der Waals surface area contributed by atoms with E-state index >= 15 is 0 Å². The Labute approximate surface area is 232 Å². The van der Waals surface area contributed by atoms with E-state index in [4.69, 9.17) is 15.9 Å². The predicted octanol–water partition coefficient (Wildman–Crippen LogP) is 4.16. The van der Waals surface area contributed by atoms with Crippen molar-refractivity contribution < 1.29 is 23.9 Å². The molecule has 0 bridgehead atoms. The number of hydrogen-bond donors (Lipinski definition) is 1. The minimum Gasteiger partial charge on any atom is -0.461 e. The fourth-order valence-corrected chi connectivity index (χ4v) is 4.73. The number of carbonyl (C=O) groups is 3. The summed E-state index contributed by atoms with van der Waals surface area (Å²) in [6.07, 6.45) is 11.7. The van der Waals surface area contributed by atoms with Crippen molar-refractivity contribution in [2.45, 2.75) is 83.5 Å². The van der Waals surface area contributed by atoms with Crippen LogP contribution in [0, 0.1) is 24.2 Å². The molecule has 2 heterocycles. The second-order valence-corrected chi connectivity index (χ2v) is 10.9. The molecular weight excluding hydrogens is 552 g/mol. The van der Waals surface area contributed by atoms with E-state index < -0.39 is 18.1 Å². The van der Waals surface area contributed by atoms with Crippen LogP contribution in [0.1, 0.15) is 64.5 Å². The molecule has 0 unspecified atom stereocenters. The van der Waals surface area contributed by atoms with E-state index in [9.17, 15) is 14.4 Å². The van der Waals surface area contributed by atoms with Crippen molar-refractivity contribution in [2.24, 2.45) is 11.8 Å². The van der Waals surface area contributed by atoms with Crippen LogP contribution in [0.5, 0.6) is 0 Å². The second-order valence-electron chi connectivity index (χ2n) is 9.96. The first-order valence-corrected chi connectivity index (χ1v) is 13.8. The maximum absolute atomic E-state index is 13.0. The Hall–Kier alpha value is -3.19. The van der Waals surface area contributed by atoms with Crippen LogP contribution in [0.25, 0.3) is 5.69 Å². The number of cyclic esters (lactones) is 1. The molecule has 1 N–H and O–H groups in total. The number of aromatic nitrogens is 3. The number of rotatable bonds is 16. The molecule has 1 aromatic heterocycles. The van der Waals surface area contributed by atoms with E-state index in [-0.39, 0.29) is 23.9 Å². The van der Waals surface area contributed by atoms with E-state index in [1.807, 2.05) is 44.3 Å². The van der Waals surface area contributed by atoms with Gasteiger partial charge in [-0.25, -0.2) is 9.48 Å². The van der Waals surface area contributed by atoms with Crippen LogP contribution in [-0.2, 0) is 30.3 Å². The van der Waals surface area contributed by atoms with Crippen LogP contribution in [0.2, 0.25) is 0 Å². The molecule has 0 radical (unpaired) electrons. The largest absolute Gasteiger partial charge is 0.461 e. The molecule has 204 valence electrons.